The molecule has 1 N–H and O–H groups in total. The largest absolute Gasteiger partial charge is 0.490 e. The number of carbonyl (C=O) groups is 1. The molecule has 1 aliphatic carbocycles. The molecule has 0 bridgehead atoms. The Morgan fingerprint density at radius 2 is 1.66 bits per heavy atom. The molecule has 1 fully saturated rings. The van der Waals surface area contributed by atoms with Crippen LogP contribution in [0.25, 0.3) is 11.1 Å². The van der Waals surface area contributed by atoms with E-state index in [0.717, 1.165) is 24.5 Å². The molecule has 32 heavy (non-hydrogen) atoms. The first-order valence-corrected chi connectivity index (χ1v) is 11.6. The van der Waals surface area contributed by atoms with Gasteiger partial charge in [-0.05, 0) is 86.1 Å². The van der Waals surface area contributed by atoms with E-state index in [-0.39, 0.29) is 24.5 Å². The van der Waals surface area contributed by atoms with Crippen molar-refractivity contribution >= 4 is 5.97 Å². The zero-order chi connectivity index (χ0) is 23.3. The first-order valence-electron chi connectivity index (χ1n) is 11.6. The van der Waals surface area contributed by atoms with Crippen molar-refractivity contribution in [3.63, 3.8) is 0 Å². The number of benzene rings is 2. The summed E-state index contributed by atoms with van der Waals surface area (Å²) < 4.78 is 35.4. The summed E-state index contributed by atoms with van der Waals surface area (Å²) in [5, 5.41) is 8.72. The normalized spacial score (nSPS) is 19.0. The Morgan fingerprint density at radius 1 is 1.00 bits per heavy atom. The standard InChI is InChI=1S/C27H34F2O3/c1-27(2,3)19-10-14-21(15-11-19)32-20-12-8-18(9-13-20)22-16-17-24(28)23(26(22)29)6-4-5-7-25(30)31/h8-9,12-13,16-17,19,21H,4-7,10-11,14-15H2,1-3H3,(H,30,31). The first kappa shape index (κ1) is 24.2. The average molecular weight is 445 g/mol. The molecule has 0 atom stereocenters. The molecule has 0 spiro atoms. The fraction of sp³-hybridized carbons (Fsp3) is 0.519. The molecule has 0 aromatic heterocycles. The van der Waals surface area contributed by atoms with Crippen molar-refractivity contribution in [2.75, 3.05) is 0 Å². The number of rotatable bonds is 8. The summed E-state index contributed by atoms with van der Waals surface area (Å²) in [4.78, 5) is 10.6. The summed E-state index contributed by atoms with van der Waals surface area (Å²) >= 11 is 0. The first-order chi connectivity index (χ1) is 15.1. The van der Waals surface area contributed by atoms with Crippen LogP contribution in [0.1, 0.15) is 71.3 Å². The van der Waals surface area contributed by atoms with Crippen LogP contribution >= 0.6 is 0 Å². The van der Waals surface area contributed by atoms with E-state index in [2.05, 4.69) is 20.8 Å². The Morgan fingerprint density at radius 3 is 2.25 bits per heavy atom. The summed E-state index contributed by atoms with van der Waals surface area (Å²) in [6.45, 7) is 6.90. The SMILES string of the molecule is CC(C)(C)C1CCC(Oc2ccc(-c3ccc(F)c(CCCCC(=O)O)c3F)cc2)CC1. The third-order valence-corrected chi connectivity index (χ3v) is 6.62. The maximum Gasteiger partial charge on any atom is 0.303 e. The van der Waals surface area contributed by atoms with Gasteiger partial charge in [-0.15, -0.1) is 0 Å². The van der Waals surface area contributed by atoms with E-state index < -0.39 is 17.6 Å². The highest BCUT2D eigenvalue weighted by Gasteiger charge is 2.30. The highest BCUT2D eigenvalue weighted by molar-refractivity contribution is 5.67. The fourth-order valence-electron chi connectivity index (χ4n) is 4.58. The summed E-state index contributed by atoms with van der Waals surface area (Å²) in [5.74, 6) is -0.569. The lowest BCUT2D eigenvalue weighted by atomic mass is 9.72. The monoisotopic (exact) mass is 444 g/mol. The predicted molar refractivity (Wildman–Crippen MR) is 123 cm³/mol. The molecule has 2 aromatic carbocycles. The highest BCUT2D eigenvalue weighted by Crippen LogP contribution is 2.39. The van der Waals surface area contributed by atoms with Crippen LogP contribution in [-0.4, -0.2) is 17.2 Å². The second-order valence-corrected chi connectivity index (χ2v) is 9.97. The molecule has 0 unspecified atom stereocenters. The number of carboxylic acids is 1. The minimum absolute atomic E-state index is 0.00223. The van der Waals surface area contributed by atoms with Gasteiger partial charge in [-0.25, -0.2) is 8.78 Å². The van der Waals surface area contributed by atoms with Crippen molar-refractivity contribution in [3.8, 4) is 16.9 Å². The highest BCUT2D eigenvalue weighted by atomic mass is 19.1. The maximum atomic E-state index is 15.0. The number of unbranched alkanes of at least 4 members (excludes halogenated alkanes) is 1. The van der Waals surface area contributed by atoms with E-state index in [1.165, 1.54) is 25.0 Å². The number of hydrogen-bond donors (Lipinski definition) is 1. The molecule has 3 rings (SSSR count). The van der Waals surface area contributed by atoms with Crippen molar-refractivity contribution in [2.45, 2.75) is 78.2 Å². The number of hydrogen-bond acceptors (Lipinski definition) is 2. The van der Waals surface area contributed by atoms with E-state index in [1.54, 1.807) is 12.1 Å². The van der Waals surface area contributed by atoms with E-state index in [1.807, 2.05) is 12.1 Å². The number of halogens is 2. The molecule has 1 aliphatic rings. The van der Waals surface area contributed by atoms with Crippen LogP contribution in [0, 0.1) is 23.0 Å². The Bertz CT molecular complexity index is 908. The number of ether oxygens (including phenoxy) is 1. The molecular weight excluding hydrogens is 410 g/mol. The van der Waals surface area contributed by atoms with Gasteiger partial charge in [0.1, 0.15) is 17.4 Å². The maximum absolute atomic E-state index is 15.0. The van der Waals surface area contributed by atoms with Gasteiger partial charge in [0.2, 0.25) is 0 Å². The van der Waals surface area contributed by atoms with Crippen LogP contribution in [-0.2, 0) is 11.2 Å². The molecule has 0 amide bonds. The van der Waals surface area contributed by atoms with Crippen LogP contribution in [0.4, 0.5) is 8.78 Å². The number of aliphatic carboxylic acids is 1. The molecule has 0 radical (unpaired) electrons. The van der Waals surface area contributed by atoms with Gasteiger partial charge in [-0.3, -0.25) is 4.79 Å². The van der Waals surface area contributed by atoms with Crippen molar-refractivity contribution in [2.24, 2.45) is 11.3 Å². The molecule has 0 saturated heterocycles. The van der Waals surface area contributed by atoms with Crippen LogP contribution in [0.3, 0.4) is 0 Å². The van der Waals surface area contributed by atoms with Gasteiger partial charge in [-0.1, -0.05) is 32.9 Å². The summed E-state index contributed by atoms with van der Waals surface area (Å²) in [5.41, 5.74) is 1.36. The molecule has 174 valence electrons. The smallest absolute Gasteiger partial charge is 0.303 e. The lowest BCUT2D eigenvalue weighted by Crippen LogP contribution is -2.30. The molecule has 3 nitrogen and oxygen atoms in total. The van der Waals surface area contributed by atoms with E-state index >= 15 is 4.39 Å². The summed E-state index contributed by atoms with van der Waals surface area (Å²) in [6, 6.07) is 10.0. The average Bonchev–Trinajstić information content (AvgIpc) is 2.73. The van der Waals surface area contributed by atoms with Gasteiger partial charge in [0, 0.05) is 17.5 Å². The Balaban J connectivity index is 1.63. The van der Waals surface area contributed by atoms with Gasteiger partial charge in [0.05, 0.1) is 6.10 Å². The van der Waals surface area contributed by atoms with Crippen molar-refractivity contribution in [3.05, 3.63) is 53.6 Å². The van der Waals surface area contributed by atoms with Crippen molar-refractivity contribution in [1.82, 2.24) is 0 Å². The lowest BCUT2D eigenvalue weighted by Gasteiger charge is -2.36. The Kier molecular flexibility index (Phi) is 7.91. The van der Waals surface area contributed by atoms with Crippen LogP contribution < -0.4 is 4.74 Å². The molecule has 0 aliphatic heterocycles. The minimum Gasteiger partial charge on any atom is -0.490 e. The molecular formula is C27H34F2O3. The van der Waals surface area contributed by atoms with Gasteiger partial charge in [-0.2, -0.15) is 0 Å². The van der Waals surface area contributed by atoms with Gasteiger partial charge < -0.3 is 9.84 Å². The molecule has 0 heterocycles. The fourth-order valence-corrected chi connectivity index (χ4v) is 4.58. The summed E-state index contributed by atoms with van der Waals surface area (Å²) in [7, 11) is 0. The van der Waals surface area contributed by atoms with E-state index in [4.69, 9.17) is 9.84 Å². The minimum atomic E-state index is -0.899. The quantitative estimate of drug-likeness (QED) is 0.431. The topological polar surface area (TPSA) is 46.5 Å². The molecule has 1 saturated carbocycles. The van der Waals surface area contributed by atoms with Crippen molar-refractivity contribution < 1.29 is 23.4 Å². The molecule has 2 aromatic rings. The predicted octanol–water partition coefficient (Wildman–Crippen LogP) is 7.41. The third kappa shape index (κ3) is 6.30. The Labute approximate surface area is 189 Å². The van der Waals surface area contributed by atoms with Crippen molar-refractivity contribution in [1.29, 1.82) is 0 Å². The number of carboxylic acid groups (broad SMARTS) is 1. The van der Waals surface area contributed by atoms with Gasteiger partial charge >= 0.3 is 5.97 Å². The third-order valence-electron chi connectivity index (χ3n) is 6.62. The molecule has 5 heteroatoms. The Hall–Kier alpha value is -2.43. The lowest BCUT2D eigenvalue weighted by molar-refractivity contribution is -0.137. The summed E-state index contributed by atoms with van der Waals surface area (Å²) in [6.07, 6.45) is 5.63. The van der Waals surface area contributed by atoms with Gasteiger partial charge in [0.15, 0.2) is 0 Å². The second-order valence-electron chi connectivity index (χ2n) is 9.97. The zero-order valence-electron chi connectivity index (χ0n) is 19.3. The van der Waals surface area contributed by atoms with E-state index in [9.17, 15) is 9.18 Å². The second kappa shape index (κ2) is 10.5. The van der Waals surface area contributed by atoms with Gasteiger partial charge in [0.25, 0.3) is 0 Å². The van der Waals surface area contributed by atoms with E-state index in [0.29, 0.717) is 29.4 Å². The van der Waals surface area contributed by atoms with Crippen LogP contribution in [0.2, 0.25) is 0 Å². The van der Waals surface area contributed by atoms with Crippen LogP contribution in [0.5, 0.6) is 5.75 Å². The van der Waals surface area contributed by atoms with Crippen LogP contribution in [0.15, 0.2) is 36.4 Å². The zero-order valence-corrected chi connectivity index (χ0v) is 19.3.